The van der Waals surface area contributed by atoms with Crippen molar-refractivity contribution < 1.29 is 9.59 Å². The van der Waals surface area contributed by atoms with Crippen molar-refractivity contribution in [3.05, 3.63) is 60.2 Å². The summed E-state index contributed by atoms with van der Waals surface area (Å²) >= 11 is 0. The number of rotatable bonds is 7. The Morgan fingerprint density at radius 2 is 1.85 bits per heavy atom. The van der Waals surface area contributed by atoms with E-state index in [1.54, 1.807) is 4.90 Å². The molecule has 0 aliphatic carbocycles. The number of benzene rings is 2. The zero-order valence-electron chi connectivity index (χ0n) is 16.0. The second kappa shape index (κ2) is 8.71. The number of aryl methyl sites for hydroxylation is 1. The van der Waals surface area contributed by atoms with E-state index in [0.717, 1.165) is 24.2 Å². The molecule has 1 heterocycles. The molecule has 1 fully saturated rings. The molecule has 0 bridgehead atoms. The van der Waals surface area contributed by atoms with Crippen LogP contribution in [-0.4, -0.2) is 38.5 Å². The summed E-state index contributed by atoms with van der Waals surface area (Å²) < 4.78 is 0. The van der Waals surface area contributed by atoms with Crippen LogP contribution in [0.15, 0.2) is 54.6 Å². The monoisotopic (exact) mass is 365 g/mol. The molecule has 5 nitrogen and oxygen atoms in total. The second-order valence-corrected chi connectivity index (χ2v) is 7.14. The first-order valence-corrected chi connectivity index (χ1v) is 9.45. The van der Waals surface area contributed by atoms with Crippen molar-refractivity contribution in [2.45, 2.75) is 19.8 Å². The minimum Gasteiger partial charge on any atom is -0.375 e. The van der Waals surface area contributed by atoms with Gasteiger partial charge in [0.15, 0.2) is 0 Å². The quantitative estimate of drug-likeness (QED) is 0.768. The van der Waals surface area contributed by atoms with Crippen LogP contribution in [0.2, 0.25) is 0 Å². The molecule has 2 aromatic carbocycles. The number of carbonyl (C=O) groups excluding carboxylic acids is 2. The molecule has 1 saturated heterocycles. The lowest BCUT2D eigenvalue weighted by Gasteiger charge is -2.19. The van der Waals surface area contributed by atoms with Crippen molar-refractivity contribution in [1.29, 1.82) is 0 Å². The third kappa shape index (κ3) is 4.88. The third-order valence-corrected chi connectivity index (χ3v) is 5.01. The highest BCUT2D eigenvalue weighted by Crippen LogP contribution is 2.25. The smallest absolute Gasteiger partial charge is 0.227 e. The van der Waals surface area contributed by atoms with Crippen LogP contribution in [0, 0.1) is 12.8 Å². The van der Waals surface area contributed by atoms with E-state index in [2.05, 4.69) is 22.3 Å². The van der Waals surface area contributed by atoms with E-state index in [1.807, 2.05) is 56.4 Å². The van der Waals surface area contributed by atoms with Crippen molar-refractivity contribution >= 4 is 23.2 Å². The molecule has 0 unspecified atom stereocenters. The largest absolute Gasteiger partial charge is 0.375 e. The summed E-state index contributed by atoms with van der Waals surface area (Å²) in [5, 5.41) is 2.99. The number of carbonyl (C=O) groups is 2. The Morgan fingerprint density at radius 3 is 2.56 bits per heavy atom. The predicted molar refractivity (Wildman–Crippen MR) is 109 cm³/mol. The second-order valence-electron chi connectivity index (χ2n) is 7.14. The SMILES string of the molecule is Cc1ccc(N2C[C@@H](C(=O)NCCCN(C)c3ccccc3)CC2=O)cc1. The van der Waals surface area contributed by atoms with Gasteiger partial charge in [0.1, 0.15) is 0 Å². The van der Waals surface area contributed by atoms with Gasteiger partial charge < -0.3 is 15.1 Å². The molecule has 3 rings (SSSR count). The number of nitrogens with zero attached hydrogens (tertiary/aromatic N) is 2. The van der Waals surface area contributed by atoms with Crippen LogP contribution in [-0.2, 0) is 9.59 Å². The fraction of sp³-hybridized carbons (Fsp3) is 0.364. The van der Waals surface area contributed by atoms with Gasteiger partial charge in [-0.15, -0.1) is 0 Å². The minimum absolute atomic E-state index is 0.0165. The highest BCUT2D eigenvalue weighted by Gasteiger charge is 2.34. The van der Waals surface area contributed by atoms with E-state index in [1.165, 1.54) is 5.69 Å². The average Bonchev–Trinajstić information content (AvgIpc) is 3.08. The number of para-hydroxylation sites is 1. The Balaban J connectivity index is 1.43. The topological polar surface area (TPSA) is 52.7 Å². The van der Waals surface area contributed by atoms with Crippen LogP contribution in [0.25, 0.3) is 0 Å². The fourth-order valence-corrected chi connectivity index (χ4v) is 3.34. The molecular weight excluding hydrogens is 338 g/mol. The number of hydrogen-bond donors (Lipinski definition) is 1. The summed E-state index contributed by atoms with van der Waals surface area (Å²) in [5.41, 5.74) is 3.18. The van der Waals surface area contributed by atoms with E-state index >= 15 is 0 Å². The third-order valence-electron chi connectivity index (χ3n) is 5.01. The van der Waals surface area contributed by atoms with Crippen molar-refractivity contribution in [1.82, 2.24) is 5.32 Å². The van der Waals surface area contributed by atoms with Gasteiger partial charge in [-0.3, -0.25) is 9.59 Å². The first kappa shape index (κ1) is 19.0. The lowest BCUT2D eigenvalue weighted by atomic mass is 10.1. The fourth-order valence-electron chi connectivity index (χ4n) is 3.34. The first-order chi connectivity index (χ1) is 13.0. The summed E-state index contributed by atoms with van der Waals surface area (Å²) in [5.74, 6) is -0.284. The molecule has 2 amide bonds. The summed E-state index contributed by atoms with van der Waals surface area (Å²) in [6.07, 6.45) is 1.14. The average molecular weight is 365 g/mol. The Kier molecular flexibility index (Phi) is 6.12. The maximum Gasteiger partial charge on any atom is 0.227 e. The van der Waals surface area contributed by atoms with Gasteiger partial charge in [0.05, 0.1) is 5.92 Å². The summed E-state index contributed by atoms with van der Waals surface area (Å²) in [6.45, 7) is 3.95. The summed E-state index contributed by atoms with van der Waals surface area (Å²) in [4.78, 5) is 28.6. The molecular formula is C22H27N3O2. The lowest BCUT2D eigenvalue weighted by Crippen LogP contribution is -2.34. The van der Waals surface area contributed by atoms with Gasteiger partial charge in [0.25, 0.3) is 0 Å². The van der Waals surface area contributed by atoms with Crippen molar-refractivity contribution in [2.24, 2.45) is 5.92 Å². The zero-order chi connectivity index (χ0) is 19.2. The Hall–Kier alpha value is -2.82. The van der Waals surface area contributed by atoms with E-state index in [4.69, 9.17) is 0 Å². The van der Waals surface area contributed by atoms with E-state index in [9.17, 15) is 9.59 Å². The Bertz CT molecular complexity index is 774. The summed E-state index contributed by atoms with van der Waals surface area (Å²) in [6, 6.07) is 18.0. The van der Waals surface area contributed by atoms with Crippen LogP contribution < -0.4 is 15.1 Å². The maximum absolute atomic E-state index is 12.4. The van der Waals surface area contributed by atoms with Crippen LogP contribution in [0.3, 0.4) is 0 Å². The highest BCUT2D eigenvalue weighted by atomic mass is 16.2. The van der Waals surface area contributed by atoms with Gasteiger partial charge in [-0.25, -0.2) is 0 Å². The zero-order valence-corrected chi connectivity index (χ0v) is 16.0. The minimum atomic E-state index is -0.273. The first-order valence-electron chi connectivity index (χ1n) is 9.45. The highest BCUT2D eigenvalue weighted by molar-refractivity contribution is 6.00. The molecule has 1 atom stereocenters. The van der Waals surface area contributed by atoms with Crippen LogP contribution in [0.4, 0.5) is 11.4 Å². The molecule has 0 spiro atoms. The standard InChI is InChI=1S/C22H27N3O2/c1-17-9-11-20(12-10-17)25-16-18(15-21(25)26)22(27)23-13-6-14-24(2)19-7-4-3-5-8-19/h3-5,7-12,18H,6,13-16H2,1-2H3,(H,23,27)/t18-/m0/s1. The molecule has 1 aliphatic rings. The van der Waals surface area contributed by atoms with Crippen LogP contribution >= 0.6 is 0 Å². The predicted octanol–water partition coefficient (Wildman–Crippen LogP) is 2.99. The van der Waals surface area contributed by atoms with Crippen molar-refractivity contribution in [3.8, 4) is 0 Å². The van der Waals surface area contributed by atoms with E-state index in [-0.39, 0.29) is 24.2 Å². The molecule has 1 N–H and O–H groups in total. The molecule has 5 heteroatoms. The number of anilines is 2. The van der Waals surface area contributed by atoms with Crippen molar-refractivity contribution in [2.75, 3.05) is 36.5 Å². The van der Waals surface area contributed by atoms with Crippen LogP contribution in [0.5, 0.6) is 0 Å². The summed E-state index contributed by atoms with van der Waals surface area (Å²) in [7, 11) is 2.05. The van der Waals surface area contributed by atoms with Gasteiger partial charge in [-0.05, 0) is 37.6 Å². The molecule has 27 heavy (non-hydrogen) atoms. The number of hydrogen-bond acceptors (Lipinski definition) is 3. The molecule has 0 saturated carbocycles. The van der Waals surface area contributed by atoms with Gasteiger partial charge in [-0.1, -0.05) is 35.9 Å². The molecule has 1 aliphatic heterocycles. The molecule has 2 aromatic rings. The molecule has 0 aromatic heterocycles. The lowest BCUT2D eigenvalue weighted by molar-refractivity contribution is -0.126. The number of nitrogens with one attached hydrogen (secondary N) is 1. The van der Waals surface area contributed by atoms with E-state index < -0.39 is 0 Å². The van der Waals surface area contributed by atoms with Crippen molar-refractivity contribution in [3.63, 3.8) is 0 Å². The van der Waals surface area contributed by atoms with E-state index in [0.29, 0.717) is 13.1 Å². The van der Waals surface area contributed by atoms with Crippen LogP contribution in [0.1, 0.15) is 18.4 Å². The van der Waals surface area contributed by atoms with Gasteiger partial charge in [0.2, 0.25) is 11.8 Å². The maximum atomic E-state index is 12.4. The number of amides is 2. The van der Waals surface area contributed by atoms with Gasteiger partial charge >= 0.3 is 0 Å². The van der Waals surface area contributed by atoms with Gasteiger partial charge in [-0.2, -0.15) is 0 Å². The van der Waals surface area contributed by atoms with Gasteiger partial charge in [0, 0.05) is 44.5 Å². The Morgan fingerprint density at radius 1 is 1.15 bits per heavy atom. The normalized spacial score (nSPS) is 16.4. The Labute approximate surface area is 161 Å². The molecule has 142 valence electrons. The molecule has 0 radical (unpaired) electrons.